The van der Waals surface area contributed by atoms with Gasteiger partial charge >= 0.3 is 0 Å². The number of aryl methyl sites for hydroxylation is 1. The van der Waals surface area contributed by atoms with Crippen molar-refractivity contribution in [3.63, 3.8) is 0 Å². The fraction of sp³-hybridized carbons (Fsp3) is 0.524. The summed E-state index contributed by atoms with van der Waals surface area (Å²) in [6.07, 6.45) is 2.37. The van der Waals surface area contributed by atoms with Crippen molar-refractivity contribution >= 4 is 17.7 Å². The maximum Gasteiger partial charge on any atom is 0.235 e. The van der Waals surface area contributed by atoms with Crippen molar-refractivity contribution in [1.82, 2.24) is 14.5 Å². The van der Waals surface area contributed by atoms with Crippen molar-refractivity contribution in [1.29, 1.82) is 0 Å². The highest BCUT2D eigenvalue weighted by atomic mass is 32.2. The molecule has 28 heavy (non-hydrogen) atoms. The van der Waals surface area contributed by atoms with Gasteiger partial charge in [0.2, 0.25) is 5.91 Å². The second-order valence-corrected chi connectivity index (χ2v) is 8.70. The highest BCUT2D eigenvalue weighted by Crippen LogP contribution is 2.28. The number of amides is 1. The van der Waals surface area contributed by atoms with Gasteiger partial charge in [-0.2, -0.15) is 0 Å². The summed E-state index contributed by atoms with van der Waals surface area (Å²) in [4.78, 5) is 19.2. The summed E-state index contributed by atoms with van der Waals surface area (Å²) in [6.45, 7) is 7.92. The van der Waals surface area contributed by atoms with Crippen LogP contribution in [0.1, 0.15) is 36.7 Å². The van der Waals surface area contributed by atoms with Gasteiger partial charge in [0.25, 0.3) is 0 Å². The summed E-state index contributed by atoms with van der Waals surface area (Å²) in [5.74, 6) is -0.292. The van der Waals surface area contributed by atoms with Crippen LogP contribution < -0.4 is 0 Å². The number of halogens is 1. The van der Waals surface area contributed by atoms with E-state index in [1.54, 1.807) is 18.0 Å². The van der Waals surface area contributed by atoms with Gasteiger partial charge in [-0.3, -0.25) is 4.79 Å². The molecule has 5 nitrogen and oxygen atoms in total. The number of carbonyl (C=O) groups is 1. The maximum absolute atomic E-state index is 13.4. The summed E-state index contributed by atoms with van der Waals surface area (Å²) in [5.41, 5.74) is 2.87. The number of ether oxygens (including phenoxy) is 1. The lowest BCUT2D eigenvalue weighted by molar-refractivity contribution is -0.129. The summed E-state index contributed by atoms with van der Waals surface area (Å²) in [6, 6.07) is 6.35. The molecule has 0 saturated carbocycles. The number of nitrogens with zero attached hydrogens (tertiary/aromatic N) is 3. The number of benzene rings is 1. The van der Waals surface area contributed by atoms with E-state index >= 15 is 0 Å². The first-order chi connectivity index (χ1) is 13.3. The molecule has 1 aliphatic heterocycles. The minimum Gasteiger partial charge on any atom is -0.376 e. The highest BCUT2D eigenvalue weighted by Gasteiger charge is 2.25. The molecule has 2 heterocycles. The van der Waals surface area contributed by atoms with E-state index in [4.69, 9.17) is 4.74 Å². The van der Waals surface area contributed by atoms with Crippen LogP contribution in [0.3, 0.4) is 0 Å². The Morgan fingerprint density at radius 2 is 2.25 bits per heavy atom. The average Bonchev–Trinajstić information content (AvgIpc) is 3.25. The number of carbonyl (C=O) groups excluding carboxylic acids is 1. The molecule has 0 aliphatic carbocycles. The predicted octanol–water partition coefficient (Wildman–Crippen LogP) is 3.96. The molecule has 1 amide bonds. The molecule has 0 N–H and O–H groups in total. The number of aromatic nitrogens is 2. The molecule has 1 aliphatic rings. The number of rotatable bonds is 7. The molecule has 1 aromatic carbocycles. The van der Waals surface area contributed by atoms with Gasteiger partial charge in [0, 0.05) is 25.9 Å². The zero-order valence-electron chi connectivity index (χ0n) is 16.9. The maximum atomic E-state index is 13.4. The smallest absolute Gasteiger partial charge is 0.235 e. The summed E-state index contributed by atoms with van der Waals surface area (Å²) < 4.78 is 21.3. The van der Waals surface area contributed by atoms with Crippen LogP contribution in [0, 0.1) is 19.7 Å². The molecule has 0 radical (unpaired) electrons. The molecule has 2 unspecified atom stereocenters. The standard InChI is InChI=1S/C21H28FN3O2S/c1-14-15(2)25(13-19-9-6-10-27-19)21(23-14)28-16(3)20(26)24(4)12-17-7-5-8-18(22)11-17/h5,7-8,11,16,19H,6,9-10,12-13H2,1-4H3. The first-order valence-corrected chi connectivity index (χ1v) is 10.5. The first-order valence-electron chi connectivity index (χ1n) is 9.66. The highest BCUT2D eigenvalue weighted by molar-refractivity contribution is 8.00. The molecule has 7 heteroatoms. The molecule has 0 spiro atoms. The predicted molar refractivity (Wildman–Crippen MR) is 109 cm³/mol. The van der Waals surface area contributed by atoms with Gasteiger partial charge in [0.1, 0.15) is 5.82 Å². The molecule has 2 aromatic rings. The van der Waals surface area contributed by atoms with Gasteiger partial charge in [-0.05, 0) is 51.3 Å². The van der Waals surface area contributed by atoms with E-state index < -0.39 is 0 Å². The first kappa shape index (κ1) is 20.9. The van der Waals surface area contributed by atoms with Gasteiger partial charge in [-0.15, -0.1) is 0 Å². The van der Waals surface area contributed by atoms with Crippen LogP contribution in [-0.2, 0) is 22.6 Å². The van der Waals surface area contributed by atoms with Crippen molar-refractivity contribution in [2.45, 2.75) is 63.2 Å². The second-order valence-electron chi connectivity index (χ2n) is 7.40. The Kier molecular flexibility index (Phi) is 6.78. The van der Waals surface area contributed by atoms with Crippen molar-refractivity contribution in [3.05, 3.63) is 47.0 Å². The third kappa shape index (κ3) is 4.94. The Morgan fingerprint density at radius 1 is 1.46 bits per heavy atom. The Labute approximate surface area is 170 Å². The number of thioether (sulfide) groups is 1. The Balaban J connectivity index is 1.67. The molecule has 152 valence electrons. The van der Waals surface area contributed by atoms with Gasteiger partial charge in [-0.1, -0.05) is 23.9 Å². The monoisotopic (exact) mass is 405 g/mol. The van der Waals surface area contributed by atoms with Crippen molar-refractivity contribution < 1.29 is 13.9 Å². The molecular formula is C21H28FN3O2S. The summed E-state index contributed by atoms with van der Waals surface area (Å²) >= 11 is 1.47. The van der Waals surface area contributed by atoms with E-state index in [9.17, 15) is 9.18 Å². The quantitative estimate of drug-likeness (QED) is 0.655. The van der Waals surface area contributed by atoms with Crippen LogP contribution >= 0.6 is 11.8 Å². The van der Waals surface area contributed by atoms with Gasteiger partial charge in [-0.25, -0.2) is 9.37 Å². The van der Waals surface area contributed by atoms with E-state index in [0.29, 0.717) is 6.54 Å². The zero-order valence-corrected chi connectivity index (χ0v) is 17.8. The van der Waals surface area contributed by atoms with E-state index in [1.807, 2.05) is 19.9 Å². The zero-order chi connectivity index (χ0) is 20.3. The lowest BCUT2D eigenvalue weighted by Gasteiger charge is -2.22. The minimum atomic E-state index is -0.289. The third-order valence-corrected chi connectivity index (χ3v) is 6.23. The number of hydrogen-bond acceptors (Lipinski definition) is 4. The Morgan fingerprint density at radius 3 is 2.93 bits per heavy atom. The van der Waals surface area contributed by atoms with E-state index in [-0.39, 0.29) is 23.1 Å². The minimum absolute atomic E-state index is 0.00349. The number of hydrogen-bond donors (Lipinski definition) is 0. The number of imidazole rings is 1. The summed E-state index contributed by atoms with van der Waals surface area (Å²) in [5, 5.41) is 0.563. The Hall–Kier alpha value is -1.86. The lowest BCUT2D eigenvalue weighted by Crippen LogP contribution is -2.33. The molecule has 2 atom stereocenters. The SMILES string of the molecule is Cc1nc(SC(C)C(=O)N(C)Cc2cccc(F)c2)n(CC2CCCO2)c1C. The topological polar surface area (TPSA) is 47.4 Å². The van der Waals surface area contributed by atoms with Gasteiger partial charge in [0.05, 0.1) is 23.6 Å². The van der Waals surface area contributed by atoms with Crippen LogP contribution in [0.15, 0.2) is 29.4 Å². The fourth-order valence-corrected chi connectivity index (χ4v) is 4.55. The summed E-state index contributed by atoms with van der Waals surface area (Å²) in [7, 11) is 1.75. The molecule has 0 bridgehead atoms. The largest absolute Gasteiger partial charge is 0.376 e. The third-order valence-electron chi connectivity index (χ3n) is 5.15. The molecular weight excluding hydrogens is 377 g/mol. The van der Waals surface area contributed by atoms with Crippen LogP contribution in [0.2, 0.25) is 0 Å². The van der Waals surface area contributed by atoms with E-state index in [0.717, 1.165) is 48.1 Å². The normalized spacial score (nSPS) is 17.7. The van der Waals surface area contributed by atoms with Gasteiger partial charge < -0.3 is 14.2 Å². The fourth-order valence-electron chi connectivity index (χ4n) is 3.43. The lowest BCUT2D eigenvalue weighted by atomic mass is 10.2. The van der Waals surface area contributed by atoms with Crippen molar-refractivity contribution in [3.8, 4) is 0 Å². The van der Waals surface area contributed by atoms with E-state index in [2.05, 4.69) is 16.5 Å². The molecule has 1 aromatic heterocycles. The van der Waals surface area contributed by atoms with Crippen molar-refractivity contribution in [2.75, 3.05) is 13.7 Å². The molecule has 1 saturated heterocycles. The van der Waals surface area contributed by atoms with E-state index in [1.165, 1.54) is 23.9 Å². The van der Waals surface area contributed by atoms with Crippen LogP contribution in [0.5, 0.6) is 0 Å². The average molecular weight is 406 g/mol. The van der Waals surface area contributed by atoms with Crippen LogP contribution in [-0.4, -0.2) is 45.4 Å². The second kappa shape index (κ2) is 9.09. The Bertz CT molecular complexity index is 833. The van der Waals surface area contributed by atoms with Crippen LogP contribution in [0.25, 0.3) is 0 Å². The van der Waals surface area contributed by atoms with Crippen molar-refractivity contribution in [2.24, 2.45) is 0 Å². The van der Waals surface area contributed by atoms with Gasteiger partial charge in [0.15, 0.2) is 5.16 Å². The molecule has 3 rings (SSSR count). The van der Waals surface area contributed by atoms with Crippen LogP contribution in [0.4, 0.5) is 4.39 Å². The molecule has 1 fully saturated rings.